The number of halogens is 1. The van der Waals surface area contributed by atoms with Gasteiger partial charge in [-0.2, -0.15) is 0 Å². The van der Waals surface area contributed by atoms with Crippen molar-refractivity contribution in [1.82, 2.24) is 0 Å². The molecule has 2 aromatic carbocycles. The van der Waals surface area contributed by atoms with Gasteiger partial charge >= 0.3 is 5.97 Å². The van der Waals surface area contributed by atoms with Crippen molar-refractivity contribution in [3.05, 3.63) is 70.5 Å². The van der Waals surface area contributed by atoms with Crippen LogP contribution in [0.4, 0.5) is 4.39 Å². The Hall–Kier alpha value is -2.16. The molecule has 2 aromatic rings. The van der Waals surface area contributed by atoms with Crippen LogP contribution in [0, 0.1) is 12.7 Å². The van der Waals surface area contributed by atoms with E-state index in [-0.39, 0.29) is 5.82 Å². The van der Waals surface area contributed by atoms with Crippen LogP contribution < -0.4 is 0 Å². The van der Waals surface area contributed by atoms with Crippen LogP contribution in [-0.4, -0.2) is 11.1 Å². The number of hydrogen-bond acceptors (Lipinski definition) is 1. The maximum atomic E-state index is 13.6. The molecule has 2 rings (SSSR count). The highest BCUT2D eigenvalue weighted by Gasteiger charge is 2.21. The van der Waals surface area contributed by atoms with Gasteiger partial charge in [0, 0.05) is 0 Å². The molecule has 1 atom stereocenters. The summed E-state index contributed by atoms with van der Waals surface area (Å²) in [6.45, 7) is 3.74. The normalized spacial score (nSPS) is 12.1. The zero-order chi connectivity index (χ0) is 15.4. The van der Waals surface area contributed by atoms with Crippen molar-refractivity contribution in [2.24, 2.45) is 0 Å². The largest absolute Gasteiger partial charge is 0.481 e. The molecule has 0 aromatic heterocycles. The monoisotopic (exact) mass is 286 g/mol. The van der Waals surface area contributed by atoms with E-state index in [1.54, 1.807) is 19.1 Å². The third-order valence-electron chi connectivity index (χ3n) is 3.77. The van der Waals surface area contributed by atoms with Crippen LogP contribution >= 0.6 is 0 Å². The van der Waals surface area contributed by atoms with Gasteiger partial charge in [0.15, 0.2) is 0 Å². The molecule has 1 unspecified atom stereocenters. The summed E-state index contributed by atoms with van der Waals surface area (Å²) < 4.78 is 13.6. The molecule has 0 bridgehead atoms. The Labute approximate surface area is 124 Å². The molecule has 0 aliphatic heterocycles. The molecule has 0 fully saturated rings. The Kier molecular flexibility index (Phi) is 4.73. The van der Waals surface area contributed by atoms with Crippen LogP contribution in [-0.2, 0) is 17.6 Å². The van der Waals surface area contributed by atoms with Gasteiger partial charge < -0.3 is 5.11 Å². The van der Waals surface area contributed by atoms with E-state index >= 15 is 0 Å². The molecule has 0 spiro atoms. The van der Waals surface area contributed by atoms with Gasteiger partial charge in [-0.05, 0) is 48.1 Å². The van der Waals surface area contributed by atoms with E-state index in [0.717, 1.165) is 12.0 Å². The molecule has 3 heteroatoms. The van der Waals surface area contributed by atoms with Crippen molar-refractivity contribution in [1.29, 1.82) is 0 Å². The van der Waals surface area contributed by atoms with E-state index in [1.165, 1.54) is 11.6 Å². The number of carboxylic acid groups (broad SMARTS) is 1. The van der Waals surface area contributed by atoms with Gasteiger partial charge in [-0.25, -0.2) is 4.39 Å². The predicted octanol–water partition coefficient (Wildman–Crippen LogP) is 4.11. The second-order valence-electron chi connectivity index (χ2n) is 5.27. The zero-order valence-corrected chi connectivity index (χ0v) is 12.3. The Morgan fingerprint density at radius 2 is 1.76 bits per heavy atom. The van der Waals surface area contributed by atoms with Crippen LogP contribution in [0.3, 0.4) is 0 Å². The highest BCUT2D eigenvalue weighted by molar-refractivity contribution is 5.76. The standard InChI is InChI=1S/C18H19FO2/c1-3-13-5-7-14(8-6-13)10-16(18(20)21)15-9-4-12(2)17(19)11-15/h4-9,11,16H,3,10H2,1-2H3,(H,20,21). The third-order valence-corrected chi connectivity index (χ3v) is 3.77. The average Bonchev–Trinajstić information content (AvgIpc) is 2.48. The lowest BCUT2D eigenvalue weighted by atomic mass is 9.91. The van der Waals surface area contributed by atoms with Gasteiger partial charge in [0.1, 0.15) is 5.82 Å². The fourth-order valence-corrected chi connectivity index (χ4v) is 2.32. The van der Waals surface area contributed by atoms with Crippen LogP contribution in [0.1, 0.15) is 35.1 Å². The van der Waals surface area contributed by atoms with E-state index in [0.29, 0.717) is 17.5 Å². The van der Waals surface area contributed by atoms with Gasteiger partial charge in [0.25, 0.3) is 0 Å². The second-order valence-corrected chi connectivity index (χ2v) is 5.27. The Balaban J connectivity index is 2.26. The van der Waals surface area contributed by atoms with E-state index in [9.17, 15) is 14.3 Å². The lowest BCUT2D eigenvalue weighted by molar-refractivity contribution is -0.138. The maximum Gasteiger partial charge on any atom is 0.311 e. The first-order chi connectivity index (χ1) is 10.0. The molecular weight excluding hydrogens is 267 g/mol. The number of aryl methyl sites for hydroxylation is 2. The summed E-state index contributed by atoms with van der Waals surface area (Å²) in [6.07, 6.45) is 1.31. The molecule has 0 saturated carbocycles. The molecule has 0 aliphatic carbocycles. The topological polar surface area (TPSA) is 37.3 Å². The summed E-state index contributed by atoms with van der Waals surface area (Å²) in [5, 5.41) is 9.43. The minimum absolute atomic E-state index is 0.361. The molecule has 21 heavy (non-hydrogen) atoms. The van der Waals surface area contributed by atoms with Crippen molar-refractivity contribution in [3.63, 3.8) is 0 Å². The molecule has 2 nitrogen and oxygen atoms in total. The molecule has 1 N–H and O–H groups in total. The number of aliphatic carboxylic acids is 1. The number of hydrogen-bond donors (Lipinski definition) is 1. The fraction of sp³-hybridized carbons (Fsp3) is 0.278. The Morgan fingerprint density at radius 3 is 2.29 bits per heavy atom. The van der Waals surface area contributed by atoms with E-state index in [1.807, 2.05) is 24.3 Å². The Bertz CT molecular complexity index is 632. The van der Waals surface area contributed by atoms with Crippen LogP contribution in [0.2, 0.25) is 0 Å². The van der Waals surface area contributed by atoms with Crippen molar-refractivity contribution in [3.8, 4) is 0 Å². The fourth-order valence-electron chi connectivity index (χ4n) is 2.32. The van der Waals surface area contributed by atoms with Gasteiger partial charge in [0.05, 0.1) is 5.92 Å². The van der Waals surface area contributed by atoms with Crippen LogP contribution in [0.5, 0.6) is 0 Å². The number of carboxylic acids is 1. The molecule has 0 aliphatic rings. The van der Waals surface area contributed by atoms with Crippen LogP contribution in [0.25, 0.3) is 0 Å². The van der Waals surface area contributed by atoms with Crippen molar-refractivity contribution in [2.45, 2.75) is 32.6 Å². The van der Waals surface area contributed by atoms with E-state index in [2.05, 4.69) is 6.92 Å². The van der Waals surface area contributed by atoms with E-state index in [4.69, 9.17) is 0 Å². The van der Waals surface area contributed by atoms with Crippen LogP contribution in [0.15, 0.2) is 42.5 Å². The smallest absolute Gasteiger partial charge is 0.311 e. The lowest BCUT2D eigenvalue weighted by Crippen LogP contribution is -2.15. The summed E-state index contributed by atoms with van der Waals surface area (Å²) in [7, 11) is 0. The van der Waals surface area contributed by atoms with Crippen molar-refractivity contribution in [2.75, 3.05) is 0 Å². The van der Waals surface area contributed by atoms with Gasteiger partial charge in [0.2, 0.25) is 0 Å². The summed E-state index contributed by atoms with van der Waals surface area (Å²) in [5.41, 5.74) is 3.19. The van der Waals surface area contributed by atoms with Gasteiger partial charge in [-0.3, -0.25) is 4.79 Å². The SMILES string of the molecule is CCc1ccc(CC(C(=O)O)c2ccc(C)c(F)c2)cc1. The van der Waals surface area contributed by atoms with E-state index < -0.39 is 11.9 Å². The maximum absolute atomic E-state index is 13.6. The lowest BCUT2D eigenvalue weighted by Gasteiger charge is -2.14. The minimum Gasteiger partial charge on any atom is -0.481 e. The summed E-state index contributed by atoms with van der Waals surface area (Å²) >= 11 is 0. The highest BCUT2D eigenvalue weighted by Crippen LogP contribution is 2.23. The first-order valence-corrected chi connectivity index (χ1v) is 7.08. The predicted molar refractivity (Wildman–Crippen MR) is 81.0 cm³/mol. The molecule has 110 valence electrons. The number of carbonyl (C=O) groups is 1. The first kappa shape index (κ1) is 15.2. The molecule has 0 amide bonds. The Morgan fingerprint density at radius 1 is 1.14 bits per heavy atom. The second kappa shape index (κ2) is 6.53. The molecular formula is C18H19FO2. The summed E-state index contributed by atoms with van der Waals surface area (Å²) in [6, 6.07) is 12.5. The highest BCUT2D eigenvalue weighted by atomic mass is 19.1. The number of rotatable bonds is 5. The van der Waals surface area contributed by atoms with Gasteiger partial charge in [-0.15, -0.1) is 0 Å². The number of benzene rings is 2. The molecule has 0 saturated heterocycles. The average molecular weight is 286 g/mol. The van der Waals surface area contributed by atoms with Crippen molar-refractivity contribution < 1.29 is 14.3 Å². The minimum atomic E-state index is -0.933. The first-order valence-electron chi connectivity index (χ1n) is 7.08. The molecule has 0 heterocycles. The summed E-state index contributed by atoms with van der Waals surface area (Å²) in [5.74, 6) is -2.02. The quantitative estimate of drug-likeness (QED) is 0.898. The zero-order valence-electron chi connectivity index (χ0n) is 12.3. The summed E-state index contributed by atoms with van der Waals surface area (Å²) in [4.78, 5) is 11.5. The van der Waals surface area contributed by atoms with Crippen molar-refractivity contribution >= 4 is 5.97 Å². The third kappa shape index (κ3) is 3.69. The van der Waals surface area contributed by atoms with Gasteiger partial charge in [-0.1, -0.05) is 43.3 Å². The molecule has 0 radical (unpaired) electrons.